The molecule has 64 heavy (non-hydrogen) atoms. The summed E-state index contributed by atoms with van der Waals surface area (Å²) in [4.78, 5) is 49.7. The van der Waals surface area contributed by atoms with Crippen molar-refractivity contribution in [3.05, 3.63) is 83.8 Å². The summed E-state index contributed by atoms with van der Waals surface area (Å²) >= 11 is 0. The zero-order valence-corrected chi connectivity index (χ0v) is 34.0. The number of nitrogens with two attached hydrogens (primary N) is 1. The molecule has 8 unspecified atom stereocenters. The highest BCUT2D eigenvalue weighted by Gasteiger charge is 2.55. The van der Waals surface area contributed by atoms with Crippen LogP contribution in [0.25, 0.3) is 0 Å². The van der Waals surface area contributed by atoms with Gasteiger partial charge in [0, 0.05) is 6.54 Å². The van der Waals surface area contributed by atoms with Crippen molar-refractivity contribution < 1.29 is 91.4 Å². The van der Waals surface area contributed by atoms with Crippen LogP contribution in [0.4, 0.5) is 22.8 Å². The summed E-state index contributed by atoms with van der Waals surface area (Å²) in [7, 11) is 0. The van der Waals surface area contributed by atoms with E-state index in [0.29, 0.717) is 18.4 Å². The van der Waals surface area contributed by atoms with Crippen LogP contribution in [0.5, 0.6) is 0 Å². The summed E-state index contributed by atoms with van der Waals surface area (Å²) in [5.74, 6) is -3.99. The second-order valence-corrected chi connectivity index (χ2v) is 15.1. The number of amides is 4. The topological polar surface area (TPSA) is 319 Å². The van der Waals surface area contributed by atoms with E-state index in [2.05, 4.69) is 16.0 Å². The lowest BCUT2D eigenvalue weighted by Gasteiger charge is -2.49. The predicted molar refractivity (Wildman–Crippen MR) is 209 cm³/mol. The van der Waals surface area contributed by atoms with Crippen molar-refractivity contribution in [2.24, 2.45) is 5.73 Å². The number of rotatable bonds is 17. The zero-order valence-electron chi connectivity index (χ0n) is 34.0. The summed E-state index contributed by atoms with van der Waals surface area (Å²) in [6, 6.07) is 12.0. The lowest BCUT2D eigenvalue weighted by Crippen LogP contribution is -2.73. The first-order valence-corrected chi connectivity index (χ1v) is 20.1. The Morgan fingerprint density at radius 1 is 0.812 bits per heavy atom. The molecule has 13 atom stereocenters. The minimum absolute atomic E-state index is 0.00607. The number of ether oxygens (including phenoxy) is 6. The number of alkyl halides is 3. The maximum Gasteiger partial charge on any atom is 0.471 e. The van der Waals surface area contributed by atoms with Gasteiger partial charge in [-0.15, -0.1) is 0 Å². The molecule has 5 rings (SSSR count). The Hall–Kier alpha value is -5.31. The molecule has 2 aliphatic heterocycles. The third kappa shape index (κ3) is 13.6. The summed E-state index contributed by atoms with van der Waals surface area (Å²) in [6.45, 7) is -1.48. The molecule has 3 aliphatic rings. The number of alkyl carbamates (subject to hydrolysis) is 2. The van der Waals surface area contributed by atoms with Crippen molar-refractivity contribution in [1.29, 1.82) is 0 Å². The van der Waals surface area contributed by atoms with Gasteiger partial charge in [0.2, 0.25) is 5.91 Å². The highest BCUT2D eigenvalue weighted by atomic mass is 19.4. The standard InChI is InChI=1S/C40H52F3N5O16/c41-40(42,43)37(56)48-27-29(51)24(17-49)62-36(31(27)53)64-34-28(47-35(55)23(50)14-15-45-38(57)59-18-20-8-3-1-4-9-20)30(52)26(44)33(32(34)54)63-25-13-7-12-22(61-25)16-46-39(58)60-19-21-10-5-2-6-11-21/h1-6,8-11,13,22-24,26-34,36,49-54H,7,12,14-19,44H2,(H,45,57)(H,46,58)(H,47,55)(H,48,56)/t22?,23-,24?,26-,27?,28?,29+,30?,31?,32?,33?,34-,36+/m0/s1. The van der Waals surface area contributed by atoms with Gasteiger partial charge in [0.25, 0.3) is 5.95 Å². The summed E-state index contributed by atoms with van der Waals surface area (Å²) < 4.78 is 73.0. The van der Waals surface area contributed by atoms with Crippen molar-refractivity contribution in [3.63, 3.8) is 0 Å². The van der Waals surface area contributed by atoms with E-state index >= 15 is 0 Å². The summed E-state index contributed by atoms with van der Waals surface area (Å²) in [6.07, 6.45) is -24.0. The molecule has 0 spiro atoms. The van der Waals surface area contributed by atoms with Gasteiger partial charge in [0.05, 0.1) is 37.4 Å². The Labute approximate surface area is 363 Å². The minimum atomic E-state index is -5.47. The van der Waals surface area contributed by atoms with Gasteiger partial charge in [-0.25, -0.2) is 9.59 Å². The molecule has 1 saturated heterocycles. The average molecular weight is 916 g/mol. The quantitative estimate of drug-likeness (QED) is 0.0853. The fourth-order valence-electron chi connectivity index (χ4n) is 6.95. The number of benzene rings is 2. The van der Waals surface area contributed by atoms with Crippen LogP contribution >= 0.6 is 0 Å². The molecule has 2 aromatic rings. The highest BCUT2D eigenvalue weighted by Crippen LogP contribution is 2.32. The molecule has 12 N–H and O–H groups in total. The lowest BCUT2D eigenvalue weighted by molar-refractivity contribution is -0.313. The third-order valence-corrected chi connectivity index (χ3v) is 10.4. The number of aliphatic hydroxyl groups is 6. The van der Waals surface area contributed by atoms with Crippen LogP contribution < -0.4 is 27.0 Å². The van der Waals surface area contributed by atoms with Gasteiger partial charge in [-0.3, -0.25) is 9.59 Å². The molecular formula is C40H52F3N5O16. The largest absolute Gasteiger partial charge is 0.471 e. The molecule has 2 aromatic carbocycles. The Morgan fingerprint density at radius 3 is 2.02 bits per heavy atom. The van der Waals surface area contributed by atoms with Crippen LogP contribution in [0.2, 0.25) is 0 Å². The first-order chi connectivity index (χ1) is 30.5. The fourth-order valence-corrected chi connectivity index (χ4v) is 6.95. The van der Waals surface area contributed by atoms with E-state index < -0.39 is 123 Å². The van der Waals surface area contributed by atoms with Gasteiger partial charge in [0.15, 0.2) is 6.29 Å². The average Bonchev–Trinajstić information content (AvgIpc) is 3.28. The van der Waals surface area contributed by atoms with Gasteiger partial charge < -0.3 is 86.1 Å². The van der Waals surface area contributed by atoms with Crippen LogP contribution in [0, 0.1) is 0 Å². The third-order valence-electron chi connectivity index (χ3n) is 10.4. The lowest BCUT2D eigenvalue weighted by atomic mass is 9.81. The van der Waals surface area contributed by atoms with Gasteiger partial charge in [-0.05, 0) is 36.5 Å². The molecule has 0 bridgehead atoms. The SMILES string of the molecule is N[C@H]1C(O)C(NC(=O)[C@@H](O)CCNC(=O)OCc2ccccc2)[C@H](O[C@H]2OC(CO)[C@@H](O)C(NC(=O)C(F)(F)F)C2O)C(O)C1OC1=CCCC(CNC(=O)OCc2ccccc2)O1. The van der Waals surface area contributed by atoms with Crippen molar-refractivity contribution >= 4 is 24.0 Å². The van der Waals surface area contributed by atoms with Crippen LogP contribution in [0.1, 0.15) is 30.4 Å². The molecule has 4 amide bonds. The van der Waals surface area contributed by atoms with E-state index in [0.717, 1.165) is 5.56 Å². The normalized spacial score (nSPS) is 29.8. The first kappa shape index (κ1) is 49.7. The number of hydrogen-bond acceptors (Lipinski definition) is 17. The Morgan fingerprint density at radius 2 is 1.42 bits per heavy atom. The van der Waals surface area contributed by atoms with E-state index in [9.17, 15) is 63.0 Å². The van der Waals surface area contributed by atoms with Gasteiger partial charge in [0.1, 0.15) is 62.0 Å². The number of allylic oxidation sites excluding steroid dienone is 1. The van der Waals surface area contributed by atoms with Crippen LogP contribution in [-0.2, 0) is 51.2 Å². The molecule has 24 heteroatoms. The van der Waals surface area contributed by atoms with E-state index in [1.165, 1.54) is 11.4 Å². The minimum Gasteiger partial charge on any atom is -0.460 e. The second kappa shape index (κ2) is 23.0. The first-order valence-electron chi connectivity index (χ1n) is 20.1. The van der Waals surface area contributed by atoms with Crippen molar-refractivity contribution in [3.8, 4) is 0 Å². The number of halogens is 3. The second-order valence-electron chi connectivity index (χ2n) is 15.1. The summed E-state index contributed by atoms with van der Waals surface area (Å²) in [5, 5.41) is 74.2. The molecule has 0 aromatic heterocycles. The molecular weight excluding hydrogens is 863 g/mol. The van der Waals surface area contributed by atoms with E-state index in [1.54, 1.807) is 54.6 Å². The van der Waals surface area contributed by atoms with Gasteiger partial charge in [-0.2, -0.15) is 13.2 Å². The summed E-state index contributed by atoms with van der Waals surface area (Å²) in [5.41, 5.74) is 7.80. The van der Waals surface area contributed by atoms with E-state index in [-0.39, 0.29) is 32.2 Å². The monoisotopic (exact) mass is 915 g/mol. The van der Waals surface area contributed by atoms with E-state index in [1.807, 2.05) is 6.07 Å². The zero-order chi connectivity index (χ0) is 46.6. The molecule has 21 nitrogen and oxygen atoms in total. The molecule has 2 heterocycles. The molecule has 1 aliphatic carbocycles. The number of aliphatic hydroxyl groups excluding tert-OH is 6. The number of carbonyl (C=O) groups excluding carboxylic acids is 4. The van der Waals surface area contributed by atoms with E-state index in [4.69, 9.17) is 34.2 Å². The Balaban J connectivity index is 1.27. The van der Waals surface area contributed by atoms with Gasteiger partial charge in [-0.1, -0.05) is 60.7 Å². The molecule has 2 fully saturated rings. The van der Waals surface area contributed by atoms with Crippen molar-refractivity contribution in [2.45, 2.75) is 118 Å². The van der Waals surface area contributed by atoms with Crippen molar-refractivity contribution in [2.75, 3.05) is 19.7 Å². The number of carbonyl (C=O) groups is 4. The Kier molecular flexibility index (Phi) is 17.9. The molecule has 0 radical (unpaired) electrons. The van der Waals surface area contributed by atoms with Crippen molar-refractivity contribution in [1.82, 2.24) is 21.3 Å². The van der Waals surface area contributed by atoms with Crippen LogP contribution in [0.3, 0.4) is 0 Å². The molecule has 1 saturated carbocycles. The van der Waals surface area contributed by atoms with Crippen LogP contribution in [-0.4, -0.2) is 160 Å². The highest BCUT2D eigenvalue weighted by molar-refractivity contribution is 5.82. The maximum atomic E-state index is 13.3. The molecule has 354 valence electrons. The van der Waals surface area contributed by atoms with Gasteiger partial charge >= 0.3 is 24.3 Å². The smallest absolute Gasteiger partial charge is 0.460 e. The predicted octanol–water partition coefficient (Wildman–Crippen LogP) is -1.59. The fraction of sp³-hybridized carbons (Fsp3) is 0.550. The number of nitrogens with one attached hydrogen (secondary N) is 4. The maximum absolute atomic E-state index is 13.3. The van der Waals surface area contributed by atoms with Crippen LogP contribution in [0.15, 0.2) is 72.7 Å². The Bertz CT molecular complexity index is 1870. The number of hydrogen-bond donors (Lipinski definition) is 11.